The fourth-order valence-electron chi connectivity index (χ4n) is 2.61. The number of urea groups is 1. The Bertz CT molecular complexity index is 360. The van der Waals surface area contributed by atoms with E-state index in [4.69, 9.17) is 5.11 Å². The zero-order valence-corrected chi connectivity index (χ0v) is 12.5. The molecule has 1 aliphatic rings. The van der Waals surface area contributed by atoms with Crippen molar-refractivity contribution in [1.82, 2.24) is 10.2 Å². The van der Waals surface area contributed by atoms with E-state index in [9.17, 15) is 9.59 Å². The normalized spacial score (nSPS) is 22.1. The SMILES string of the molecule is C=C(C)CN(CC)C(=O)NCC1CCC(C(=O)O)CC1. The number of nitrogens with zero attached hydrogens (tertiary/aromatic N) is 1. The summed E-state index contributed by atoms with van der Waals surface area (Å²) in [7, 11) is 0. The maximum atomic E-state index is 12.0. The molecule has 2 amide bonds. The summed E-state index contributed by atoms with van der Waals surface area (Å²) in [6, 6.07) is -0.0594. The highest BCUT2D eigenvalue weighted by Crippen LogP contribution is 2.28. The summed E-state index contributed by atoms with van der Waals surface area (Å²) in [6.45, 7) is 9.55. The van der Waals surface area contributed by atoms with Gasteiger partial charge in [0.05, 0.1) is 5.92 Å². The second kappa shape index (κ2) is 7.92. The Morgan fingerprint density at radius 1 is 1.30 bits per heavy atom. The van der Waals surface area contributed by atoms with Crippen LogP contribution in [0, 0.1) is 11.8 Å². The summed E-state index contributed by atoms with van der Waals surface area (Å²) in [5.41, 5.74) is 0.962. The predicted octanol–water partition coefficient (Wildman–Crippen LogP) is 2.49. The molecule has 20 heavy (non-hydrogen) atoms. The first-order chi connectivity index (χ1) is 9.43. The van der Waals surface area contributed by atoms with Gasteiger partial charge in [-0.05, 0) is 45.4 Å². The van der Waals surface area contributed by atoms with Gasteiger partial charge in [0.25, 0.3) is 0 Å². The zero-order chi connectivity index (χ0) is 15.1. The van der Waals surface area contributed by atoms with Crippen LogP contribution in [-0.2, 0) is 4.79 Å². The van der Waals surface area contributed by atoms with Gasteiger partial charge < -0.3 is 15.3 Å². The first kappa shape index (κ1) is 16.5. The van der Waals surface area contributed by atoms with Crippen molar-refractivity contribution in [3.63, 3.8) is 0 Å². The molecule has 1 rings (SSSR count). The molecule has 0 aromatic heterocycles. The van der Waals surface area contributed by atoms with Gasteiger partial charge in [-0.25, -0.2) is 4.79 Å². The first-order valence-corrected chi connectivity index (χ1v) is 7.34. The van der Waals surface area contributed by atoms with E-state index in [0.717, 1.165) is 31.3 Å². The van der Waals surface area contributed by atoms with Crippen LogP contribution in [0.15, 0.2) is 12.2 Å². The van der Waals surface area contributed by atoms with Crippen LogP contribution in [0.3, 0.4) is 0 Å². The van der Waals surface area contributed by atoms with Crippen molar-refractivity contribution in [3.05, 3.63) is 12.2 Å². The van der Waals surface area contributed by atoms with Gasteiger partial charge in [-0.3, -0.25) is 4.79 Å². The van der Waals surface area contributed by atoms with Crippen LogP contribution in [0.1, 0.15) is 39.5 Å². The molecule has 5 heteroatoms. The fraction of sp³-hybridized carbons (Fsp3) is 0.733. The van der Waals surface area contributed by atoms with Crippen molar-refractivity contribution in [2.24, 2.45) is 11.8 Å². The van der Waals surface area contributed by atoms with Gasteiger partial charge >= 0.3 is 12.0 Å². The first-order valence-electron chi connectivity index (χ1n) is 7.34. The molecule has 0 aromatic rings. The lowest BCUT2D eigenvalue weighted by Crippen LogP contribution is -2.43. The van der Waals surface area contributed by atoms with E-state index < -0.39 is 5.97 Å². The number of hydrogen-bond donors (Lipinski definition) is 2. The monoisotopic (exact) mass is 282 g/mol. The van der Waals surface area contributed by atoms with Crippen LogP contribution >= 0.6 is 0 Å². The maximum absolute atomic E-state index is 12.0. The lowest BCUT2D eigenvalue weighted by Gasteiger charge is -2.28. The van der Waals surface area contributed by atoms with E-state index in [1.54, 1.807) is 4.90 Å². The van der Waals surface area contributed by atoms with Gasteiger partial charge in [-0.2, -0.15) is 0 Å². The smallest absolute Gasteiger partial charge is 0.317 e. The molecule has 114 valence electrons. The lowest BCUT2D eigenvalue weighted by molar-refractivity contribution is -0.143. The molecule has 1 saturated carbocycles. The Morgan fingerprint density at radius 3 is 2.35 bits per heavy atom. The molecule has 0 aliphatic heterocycles. The van der Waals surface area contributed by atoms with Crippen molar-refractivity contribution in [2.75, 3.05) is 19.6 Å². The predicted molar refractivity (Wildman–Crippen MR) is 78.5 cm³/mol. The number of aliphatic carboxylic acids is 1. The van der Waals surface area contributed by atoms with E-state index >= 15 is 0 Å². The number of hydrogen-bond acceptors (Lipinski definition) is 2. The molecule has 2 N–H and O–H groups in total. The fourth-order valence-corrected chi connectivity index (χ4v) is 2.61. The van der Waals surface area contributed by atoms with Gasteiger partial charge in [-0.1, -0.05) is 12.2 Å². The van der Waals surface area contributed by atoms with Crippen LogP contribution in [0.2, 0.25) is 0 Å². The number of rotatable bonds is 6. The average molecular weight is 282 g/mol. The third-order valence-corrected chi connectivity index (χ3v) is 3.87. The zero-order valence-electron chi connectivity index (χ0n) is 12.5. The quantitative estimate of drug-likeness (QED) is 0.735. The van der Waals surface area contributed by atoms with Gasteiger partial charge in [0.1, 0.15) is 0 Å². The third kappa shape index (κ3) is 5.23. The van der Waals surface area contributed by atoms with Gasteiger partial charge in [0, 0.05) is 19.6 Å². The van der Waals surface area contributed by atoms with Crippen molar-refractivity contribution < 1.29 is 14.7 Å². The number of amides is 2. The standard InChI is InChI=1S/C15H26N2O3/c1-4-17(10-11(2)3)15(20)16-9-12-5-7-13(8-6-12)14(18)19/h12-13H,2,4-10H2,1,3H3,(H,16,20)(H,18,19). The van der Waals surface area contributed by atoms with Crippen LogP contribution in [-0.4, -0.2) is 41.6 Å². The highest BCUT2D eigenvalue weighted by molar-refractivity contribution is 5.74. The third-order valence-electron chi connectivity index (χ3n) is 3.87. The molecular formula is C15H26N2O3. The largest absolute Gasteiger partial charge is 0.481 e. The molecule has 0 heterocycles. The average Bonchev–Trinajstić information content (AvgIpc) is 2.42. The highest BCUT2D eigenvalue weighted by atomic mass is 16.4. The Balaban J connectivity index is 2.31. The summed E-state index contributed by atoms with van der Waals surface area (Å²) in [5, 5.41) is 11.9. The second-order valence-corrected chi connectivity index (χ2v) is 5.71. The van der Waals surface area contributed by atoms with Crippen LogP contribution in [0.25, 0.3) is 0 Å². The molecule has 0 radical (unpaired) electrons. The van der Waals surface area contributed by atoms with Crippen LogP contribution < -0.4 is 5.32 Å². The molecule has 1 aliphatic carbocycles. The maximum Gasteiger partial charge on any atom is 0.317 e. The minimum atomic E-state index is -0.689. The van der Waals surface area contributed by atoms with Gasteiger partial charge in [0.15, 0.2) is 0 Å². The number of carboxylic acid groups (broad SMARTS) is 1. The Kier molecular flexibility index (Phi) is 6.55. The van der Waals surface area contributed by atoms with Gasteiger partial charge in [0.2, 0.25) is 0 Å². The number of likely N-dealkylation sites (N-methyl/N-ethyl adjacent to an activating group) is 1. The molecule has 5 nitrogen and oxygen atoms in total. The van der Waals surface area contributed by atoms with Gasteiger partial charge in [-0.15, -0.1) is 0 Å². The molecule has 1 fully saturated rings. The molecule has 0 spiro atoms. The van der Waals surface area contributed by atoms with Crippen LogP contribution in [0.4, 0.5) is 4.79 Å². The molecule has 0 saturated heterocycles. The van der Waals surface area contributed by atoms with Crippen molar-refractivity contribution in [1.29, 1.82) is 0 Å². The second-order valence-electron chi connectivity index (χ2n) is 5.71. The van der Waals surface area contributed by atoms with E-state index in [2.05, 4.69) is 11.9 Å². The minimum absolute atomic E-state index is 0.0594. The van der Waals surface area contributed by atoms with E-state index in [0.29, 0.717) is 25.6 Å². The molecule has 0 aromatic carbocycles. The molecular weight excluding hydrogens is 256 g/mol. The van der Waals surface area contributed by atoms with Crippen molar-refractivity contribution >= 4 is 12.0 Å². The number of carbonyl (C=O) groups excluding carboxylic acids is 1. The summed E-state index contributed by atoms with van der Waals surface area (Å²) < 4.78 is 0. The lowest BCUT2D eigenvalue weighted by atomic mass is 9.82. The Morgan fingerprint density at radius 2 is 1.90 bits per heavy atom. The molecule has 0 unspecified atom stereocenters. The Hall–Kier alpha value is -1.52. The van der Waals surface area contributed by atoms with Crippen molar-refractivity contribution in [3.8, 4) is 0 Å². The molecule has 0 bridgehead atoms. The van der Waals surface area contributed by atoms with Crippen molar-refractivity contribution in [2.45, 2.75) is 39.5 Å². The number of nitrogens with one attached hydrogen (secondary N) is 1. The summed E-state index contributed by atoms with van der Waals surface area (Å²) in [4.78, 5) is 24.6. The van der Waals surface area contributed by atoms with E-state index in [1.807, 2.05) is 13.8 Å². The number of carboxylic acids is 1. The topological polar surface area (TPSA) is 69.6 Å². The number of carbonyl (C=O) groups is 2. The molecule has 0 atom stereocenters. The Labute approximate surface area is 121 Å². The summed E-state index contributed by atoms with van der Waals surface area (Å²) in [5.74, 6) is -0.485. The van der Waals surface area contributed by atoms with E-state index in [-0.39, 0.29) is 11.9 Å². The summed E-state index contributed by atoms with van der Waals surface area (Å²) in [6.07, 6.45) is 3.20. The highest BCUT2D eigenvalue weighted by Gasteiger charge is 2.26. The van der Waals surface area contributed by atoms with Crippen LogP contribution in [0.5, 0.6) is 0 Å². The van der Waals surface area contributed by atoms with E-state index in [1.165, 1.54) is 0 Å². The summed E-state index contributed by atoms with van der Waals surface area (Å²) >= 11 is 0. The minimum Gasteiger partial charge on any atom is -0.481 e.